The van der Waals surface area contributed by atoms with Crippen LogP contribution in [-0.2, 0) is 11.3 Å². The van der Waals surface area contributed by atoms with E-state index in [-0.39, 0.29) is 5.91 Å². The minimum absolute atomic E-state index is 0.129. The zero-order chi connectivity index (χ0) is 14.7. The topological polar surface area (TPSA) is 50.2 Å². The summed E-state index contributed by atoms with van der Waals surface area (Å²) < 4.78 is 1.91. The van der Waals surface area contributed by atoms with Crippen LogP contribution in [0.4, 0.5) is 0 Å². The molecule has 3 rings (SSSR count). The van der Waals surface area contributed by atoms with Gasteiger partial charge in [0.25, 0.3) is 0 Å². The van der Waals surface area contributed by atoms with Gasteiger partial charge < -0.3 is 10.2 Å². The summed E-state index contributed by atoms with van der Waals surface area (Å²) >= 11 is 0. The van der Waals surface area contributed by atoms with Crippen molar-refractivity contribution < 1.29 is 4.79 Å². The van der Waals surface area contributed by atoms with Crippen molar-refractivity contribution in [3.8, 4) is 0 Å². The largest absolute Gasteiger partial charge is 0.353 e. The van der Waals surface area contributed by atoms with E-state index in [0.717, 1.165) is 36.8 Å². The molecular weight excluding hydrogens is 264 g/mol. The number of benzene rings is 1. The van der Waals surface area contributed by atoms with E-state index < -0.39 is 0 Å². The lowest BCUT2D eigenvalue weighted by molar-refractivity contribution is -0.122. The van der Waals surface area contributed by atoms with Gasteiger partial charge in [-0.25, -0.2) is 0 Å². The molecule has 1 fully saturated rings. The number of aromatic nitrogens is 2. The van der Waals surface area contributed by atoms with Gasteiger partial charge in [-0.3, -0.25) is 9.48 Å². The summed E-state index contributed by atoms with van der Waals surface area (Å²) in [5.74, 6) is 0.129. The van der Waals surface area contributed by atoms with Crippen molar-refractivity contribution in [2.24, 2.45) is 0 Å². The van der Waals surface area contributed by atoms with E-state index >= 15 is 0 Å². The summed E-state index contributed by atoms with van der Waals surface area (Å²) in [5, 5.41) is 8.62. The third-order valence-corrected chi connectivity index (χ3v) is 4.19. The fraction of sp³-hybridized carbons (Fsp3) is 0.500. The maximum absolute atomic E-state index is 12.1. The first-order valence-electron chi connectivity index (χ1n) is 7.61. The number of para-hydroxylation sites is 1. The molecule has 1 aliphatic rings. The molecule has 5 heteroatoms. The molecule has 0 bridgehead atoms. The third-order valence-electron chi connectivity index (χ3n) is 4.19. The molecule has 21 heavy (non-hydrogen) atoms. The molecule has 0 unspecified atom stereocenters. The van der Waals surface area contributed by atoms with Crippen LogP contribution >= 0.6 is 0 Å². The molecule has 0 radical (unpaired) electrons. The molecular formula is C16H22N4O. The van der Waals surface area contributed by atoms with Gasteiger partial charge in [0, 0.05) is 17.8 Å². The third kappa shape index (κ3) is 3.42. The Morgan fingerprint density at radius 2 is 2.10 bits per heavy atom. The Hall–Kier alpha value is -1.88. The quantitative estimate of drug-likeness (QED) is 0.929. The van der Waals surface area contributed by atoms with E-state index in [2.05, 4.69) is 22.4 Å². The van der Waals surface area contributed by atoms with Crippen molar-refractivity contribution in [1.82, 2.24) is 20.0 Å². The number of amides is 1. The number of nitrogens with one attached hydrogen (secondary N) is 1. The highest BCUT2D eigenvalue weighted by Gasteiger charge is 2.18. The van der Waals surface area contributed by atoms with Crippen LogP contribution in [0.1, 0.15) is 19.3 Å². The maximum atomic E-state index is 12.1. The standard InChI is InChI=1S/C16H22N4O/c1-19-9-6-14(7-10-19)18-16(21)8-11-20-15-5-3-2-4-13(15)12-17-20/h2-5,12,14H,6-11H2,1H3,(H,18,21). The van der Waals surface area contributed by atoms with Crippen LogP contribution in [0.25, 0.3) is 10.9 Å². The maximum Gasteiger partial charge on any atom is 0.222 e. The van der Waals surface area contributed by atoms with Crippen LogP contribution in [0, 0.1) is 0 Å². The monoisotopic (exact) mass is 286 g/mol. The fourth-order valence-electron chi connectivity index (χ4n) is 2.86. The lowest BCUT2D eigenvalue weighted by atomic mass is 10.1. The van der Waals surface area contributed by atoms with E-state index in [1.807, 2.05) is 35.1 Å². The highest BCUT2D eigenvalue weighted by Crippen LogP contribution is 2.13. The number of carbonyl (C=O) groups excluding carboxylic acids is 1. The molecule has 1 aromatic heterocycles. The second-order valence-electron chi connectivity index (χ2n) is 5.82. The summed E-state index contributed by atoms with van der Waals surface area (Å²) in [6.45, 7) is 2.76. The summed E-state index contributed by atoms with van der Waals surface area (Å²) in [4.78, 5) is 14.4. The minimum atomic E-state index is 0.129. The van der Waals surface area contributed by atoms with E-state index in [4.69, 9.17) is 0 Å². The minimum Gasteiger partial charge on any atom is -0.353 e. The van der Waals surface area contributed by atoms with E-state index in [9.17, 15) is 4.79 Å². The van der Waals surface area contributed by atoms with Crippen LogP contribution in [0.2, 0.25) is 0 Å². The normalized spacial score (nSPS) is 17.2. The number of aryl methyl sites for hydroxylation is 1. The van der Waals surface area contributed by atoms with Crippen LogP contribution in [-0.4, -0.2) is 46.8 Å². The Balaban J connectivity index is 1.52. The molecule has 1 amide bonds. The molecule has 1 aliphatic heterocycles. The van der Waals surface area contributed by atoms with Crippen molar-refractivity contribution in [2.45, 2.75) is 31.8 Å². The van der Waals surface area contributed by atoms with Crippen molar-refractivity contribution in [2.75, 3.05) is 20.1 Å². The first-order valence-corrected chi connectivity index (χ1v) is 7.61. The molecule has 2 heterocycles. The summed E-state index contributed by atoms with van der Waals surface area (Å²) in [7, 11) is 2.13. The molecule has 2 aromatic rings. The van der Waals surface area contributed by atoms with Gasteiger partial charge in [0.05, 0.1) is 18.3 Å². The van der Waals surface area contributed by atoms with Crippen molar-refractivity contribution >= 4 is 16.8 Å². The molecule has 112 valence electrons. The van der Waals surface area contributed by atoms with Gasteiger partial charge in [-0.05, 0) is 39.0 Å². The van der Waals surface area contributed by atoms with Crippen LogP contribution in [0.5, 0.6) is 0 Å². The lowest BCUT2D eigenvalue weighted by Crippen LogP contribution is -2.43. The van der Waals surface area contributed by atoms with Crippen molar-refractivity contribution in [3.63, 3.8) is 0 Å². The number of nitrogens with zero attached hydrogens (tertiary/aromatic N) is 3. The summed E-state index contributed by atoms with van der Waals surface area (Å²) in [6, 6.07) is 8.41. The first-order chi connectivity index (χ1) is 10.2. The Labute approximate surface area is 124 Å². The van der Waals surface area contributed by atoms with Gasteiger partial charge in [0.1, 0.15) is 0 Å². The van der Waals surface area contributed by atoms with Gasteiger partial charge in [-0.1, -0.05) is 18.2 Å². The van der Waals surface area contributed by atoms with Gasteiger partial charge in [-0.2, -0.15) is 5.10 Å². The van der Waals surface area contributed by atoms with Crippen LogP contribution in [0.3, 0.4) is 0 Å². The van der Waals surface area contributed by atoms with Gasteiger partial charge in [-0.15, -0.1) is 0 Å². The van der Waals surface area contributed by atoms with E-state index in [0.29, 0.717) is 19.0 Å². The molecule has 1 saturated heterocycles. The predicted molar refractivity (Wildman–Crippen MR) is 83.0 cm³/mol. The first kappa shape index (κ1) is 14.1. The molecule has 0 aliphatic carbocycles. The zero-order valence-electron chi connectivity index (χ0n) is 12.5. The van der Waals surface area contributed by atoms with Gasteiger partial charge >= 0.3 is 0 Å². The second kappa shape index (κ2) is 6.26. The van der Waals surface area contributed by atoms with E-state index in [1.54, 1.807) is 0 Å². The Kier molecular flexibility index (Phi) is 4.20. The molecule has 5 nitrogen and oxygen atoms in total. The molecule has 1 aromatic carbocycles. The van der Waals surface area contributed by atoms with E-state index in [1.165, 1.54) is 0 Å². The summed E-state index contributed by atoms with van der Waals surface area (Å²) in [5.41, 5.74) is 1.09. The smallest absolute Gasteiger partial charge is 0.222 e. The average molecular weight is 286 g/mol. The number of carbonyl (C=O) groups is 1. The Morgan fingerprint density at radius 3 is 2.90 bits per heavy atom. The highest BCUT2D eigenvalue weighted by molar-refractivity contribution is 5.79. The number of likely N-dealkylation sites (tertiary alicyclic amines) is 1. The van der Waals surface area contributed by atoms with Crippen LogP contribution < -0.4 is 5.32 Å². The number of hydrogen-bond acceptors (Lipinski definition) is 3. The zero-order valence-corrected chi connectivity index (χ0v) is 12.5. The lowest BCUT2D eigenvalue weighted by Gasteiger charge is -2.29. The summed E-state index contributed by atoms with van der Waals surface area (Å²) in [6.07, 6.45) is 4.43. The molecule has 1 N–H and O–H groups in total. The number of fused-ring (bicyclic) bond motifs is 1. The molecule has 0 atom stereocenters. The number of hydrogen-bond donors (Lipinski definition) is 1. The van der Waals surface area contributed by atoms with Crippen LogP contribution in [0.15, 0.2) is 30.5 Å². The fourth-order valence-corrected chi connectivity index (χ4v) is 2.86. The van der Waals surface area contributed by atoms with Crippen molar-refractivity contribution in [1.29, 1.82) is 0 Å². The average Bonchev–Trinajstić information content (AvgIpc) is 2.91. The van der Waals surface area contributed by atoms with Gasteiger partial charge in [0.15, 0.2) is 0 Å². The van der Waals surface area contributed by atoms with Crippen molar-refractivity contribution in [3.05, 3.63) is 30.5 Å². The molecule has 0 spiro atoms. The predicted octanol–water partition coefficient (Wildman–Crippen LogP) is 1.64. The number of piperidine rings is 1. The highest BCUT2D eigenvalue weighted by atomic mass is 16.1. The Bertz CT molecular complexity index is 614. The molecule has 0 saturated carbocycles. The number of rotatable bonds is 4. The Morgan fingerprint density at radius 1 is 1.33 bits per heavy atom. The second-order valence-corrected chi connectivity index (χ2v) is 5.82. The SMILES string of the molecule is CN1CCC(NC(=O)CCn2ncc3ccccc32)CC1. The van der Waals surface area contributed by atoms with Gasteiger partial charge in [0.2, 0.25) is 5.91 Å².